The van der Waals surface area contributed by atoms with Gasteiger partial charge in [-0.15, -0.1) is 0 Å². The largest absolute Gasteiger partial charge is 0.493 e. The summed E-state index contributed by atoms with van der Waals surface area (Å²) < 4.78 is 8.18. The van der Waals surface area contributed by atoms with Crippen LogP contribution in [0.25, 0.3) is 16.6 Å². The van der Waals surface area contributed by atoms with Crippen LogP contribution in [0.1, 0.15) is 28.7 Å². The van der Waals surface area contributed by atoms with Crippen molar-refractivity contribution < 1.29 is 14.6 Å². The van der Waals surface area contributed by atoms with Gasteiger partial charge < -0.3 is 14.4 Å². The van der Waals surface area contributed by atoms with Crippen molar-refractivity contribution in [1.82, 2.24) is 9.55 Å². The zero-order chi connectivity index (χ0) is 25.5. The number of ether oxygens (including phenoxy) is 1. The highest BCUT2D eigenvalue weighted by molar-refractivity contribution is 5.86. The average molecular weight is 491 g/mol. The highest BCUT2D eigenvalue weighted by Gasteiger charge is 2.12. The maximum absolute atomic E-state index is 11.1. The van der Waals surface area contributed by atoms with Gasteiger partial charge in [-0.1, -0.05) is 36.4 Å². The predicted octanol–water partition coefficient (Wildman–Crippen LogP) is 6.45. The summed E-state index contributed by atoms with van der Waals surface area (Å²) in [5, 5.41) is 10.3. The molecule has 0 spiro atoms. The van der Waals surface area contributed by atoms with E-state index < -0.39 is 5.97 Å². The van der Waals surface area contributed by atoms with Crippen LogP contribution in [0.5, 0.6) is 5.75 Å². The van der Waals surface area contributed by atoms with Crippen molar-refractivity contribution in [3.05, 3.63) is 126 Å². The minimum atomic E-state index is -0.773. The summed E-state index contributed by atoms with van der Waals surface area (Å²) in [6.45, 7) is 0.610. The third-order valence-electron chi connectivity index (χ3n) is 6.63. The molecule has 0 saturated heterocycles. The van der Waals surface area contributed by atoms with E-state index in [2.05, 4.69) is 64.3 Å². The molecule has 0 unspecified atom stereocenters. The summed E-state index contributed by atoms with van der Waals surface area (Å²) in [6, 6.07) is 29.0. The summed E-state index contributed by atoms with van der Waals surface area (Å²) in [5.74, 6) is 0.0691. The number of carboxylic acid groups (broad SMARTS) is 1. The molecule has 0 radical (unpaired) electrons. The molecule has 0 amide bonds. The molecule has 5 nitrogen and oxygen atoms in total. The highest BCUT2D eigenvalue weighted by Crippen LogP contribution is 2.28. The molecule has 2 aromatic heterocycles. The van der Waals surface area contributed by atoms with Crippen LogP contribution in [0.15, 0.2) is 104 Å². The Kier molecular flexibility index (Phi) is 7.60. The summed E-state index contributed by atoms with van der Waals surface area (Å²) >= 11 is 0. The number of rotatable bonds is 11. The van der Waals surface area contributed by atoms with Gasteiger partial charge in [0.05, 0.1) is 12.1 Å². The summed E-state index contributed by atoms with van der Waals surface area (Å²) in [4.78, 5) is 15.2. The van der Waals surface area contributed by atoms with Gasteiger partial charge in [-0.25, -0.2) is 0 Å². The zero-order valence-electron chi connectivity index (χ0n) is 20.7. The molecule has 0 fully saturated rings. The lowest BCUT2D eigenvalue weighted by Crippen LogP contribution is -2.01. The van der Waals surface area contributed by atoms with E-state index in [1.807, 2.05) is 36.4 Å². The predicted molar refractivity (Wildman–Crippen MR) is 147 cm³/mol. The van der Waals surface area contributed by atoms with Crippen LogP contribution in [-0.2, 0) is 30.5 Å². The lowest BCUT2D eigenvalue weighted by Gasteiger charge is -2.09. The first-order valence-electron chi connectivity index (χ1n) is 12.7. The molecule has 5 heteroatoms. The second-order valence-electron chi connectivity index (χ2n) is 9.20. The normalized spacial score (nSPS) is 11.0. The third kappa shape index (κ3) is 6.25. The average Bonchev–Trinajstić information content (AvgIpc) is 3.30. The van der Waals surface area contributed by atoms with E-state index in [1.54, 1.807) is 12.4 Å². The maximum Gasteiger partial charge on any atom is 0.303 e. The number of pyridine rings is 1. The standard InChI is InChI=1S/C32H30N2O3/c35-32(36)15-8-26-7-14-31-30(22-26)27(9-6-24-4-2-1-3-5-24)23-34(31)28-10-12-29(13-11-28)37-21-18-25-16-19-33-20-17-25/h1-5,7,10-14,16-17,19-20,22-23H,6,8-9,15,18,21H2,(H,35,36). The van der Waals surface area contributed by atoms with Crippen molar-refractivity contribution >= 4 is 16.9 Å². The van der Waals surface area contributed by atoms with E-state index in [9.17, 15) is 4.79 Å². The minimum Gasteiger partial charge on any atom is -0.493 e. The Morgan fingerprint density at radius 3 is 2.30 bits per heavy atom. The molecule has 37 heavy (non-hydrogen) atoms. The van der Waals surface area contributed by atoms with E-state index >= 15 is 0 Å². The van der Waals surface area contributed by atoms with Gasteiger partial charge in [0.15, 0.2) is 0 Å². The van der Waals surface area contributed by atoms with E-state index in [4.69, 9.17) is 9.84 Å². The van der Waals surface area contributed by atoms with Crippen LogP contribution in [0, 0.1) is 0 Å². The van der Waals surface area contributed by atoms with Crippen LogP contribution >= 0.6 is 0 Å². The number of carbonyl (C=O) groups is 1. The molecule has 0 bridgehead atoms. The molecule has 0 aliphatic heterocycles. The zero-order valence-corrected chi connectivity index (χ0v) is 20.7. The summed E-state index contributed by atoms with van der Waals surface area (Å²) in [5.41, 5.74) is 7.00. The van der Waals surface area contributed by atoms with Crippen LogP contribution in [0.4, 0.5) is 0 Å². The van der Waals surface area contributed by atoms with Gasteiger partial charge in [0.1, 0.15) is 5.75 Å². The van der Waals surface area contributed by atoms with Crippen molar-refractivity contribution in [2.45, 2.75) is 32.1 Å². The Hall–Kier alpha value is -4.38. The van der Waals surface area contributed by atoms with Gasteiger partial charge in [-0.2, -0.15) is 0 Å². The summed E-state index contributed by atoms with van der Waals surface area (Å²) in [6.07, 6.45) is 9.17. The van der Waals surface area contributed by atoms with E-state index in [0.29, 0.717) is 13.0 Å². The molecule has 186 valence electrons. The first-order valence-corrected chi connectivity index (χ1v) is 12.7. The number of nitrogens with zero attached hydrogens (tertiary/aromatic N) is 2. The molecular formula is C32H30N2O3. The molecule has 1 N–H and O–H groups in total. The number of aliphatic carboxylic acids is 1. The van der Waals surface area contributed by atoms with Gasteiger partial charge >= 0.3 is 5.97 Å². The van der Waals surface area contributed by atoms with Gasteiger partial charge in [-0.3, -0.25) is 9.78 Å². The Balaban J connectivity index is 1.37. The molecule has 2 heterocycles. The van der Waals surface area contributed by atoms with Gasteiger partial charge in [0.2, 0.25) is 0 Å². The number of carboxylic acids is 1. The van der Waals surface area contributed by atoms with E-state index in [0.717, 1.165) is 41.8 Å². The van der Waals surface area contributed by atoms with Crippen molar-refractivity contribution in [1.29, 1.82) is 0 Å². The number of benzene rings is 3. The molecule has 0 aliphatic rings. The van der Waals surface area contributed by atoms with Gasteiger partial charge in [-0.05, 0) is 90.0 Å². The molecule has 3 aromatic carbocycles. The Morgan fingerprint density at radius 1 is 0.784 bits per heavy atom. The number of hydrogen-bond donors (Lipinski definition) is 1. The van der Waals surface area contributed by atoms with Crippen LogP contribution < -0.4 is 4.74 Å². The molecule has 5 aromatic rings. The Bertz CT molecular complexity index is 1460. The minimum absolute atomic E-state index is 0.133. The highest BCUT2D eigenvalue weighted by atomic mass is 16.5. The fourth-order valence-electron chi connectivity index (χ4n) is 4.63. The quantitative estimate of drug-likeness (QED) is 0.231. The van der Waals surface area contributed by atoms with Gasteiger partial charge in [0.25, 0.3) is 0 Å². The van der Waals surface area contributed by atoms with Crippen LogP contribution in [0.3, 0.4) is 0 Å². The molecule has 0 aliphatic carbocycles. The fraction of sp³-hybridized carbons (Fsp3) is 0.188. The second kappa shape index (κ2) is 11.6. The first kappa shape index (κ1) is 24.3. The summed E-state index contributed by atoms with van der Waals surface area (Å²) in [7, 11) is 0. The van der Waals surface area contributed by atoms with E-state index in [-0.39, 0.29) is 6.42 Å². The molecular weight excluding hydrogens is 460 g/mol. The number of hydrogen-bond acceptors (Lipinski definition) is 3. The lowest BCUT2D eigenvalue weighted by atomic mass is 10.0. The lowest BCUT2D eigenvalue weighted by molar-refractivity contribution is -0.136. The van der Waals surface area contributed by atoms with Crippen LogP contribution in [-0.4, -0.2) is 27.2 Å². The van der Waals surface area contributed by atoms with Crippen molar-refractivity contribution in [3.63, 3.8) is 0 Å². The smallest absolute Gasteiger partial charge is 0.303 e. The monoisotopic (exact) mass is 490 g/mol. The Morgan fingerprint density at radius 2 is 1.54 bits per heavy atom. The number of aryl methyl sites for hydroxylation is 3. The molecule has 0 saturated carbocycles. The Labute approximate surface area is 217 Å². The maximum atomic E-state index is 11.1. The topological polar surface area (TPSA) is 64.3 Å². The second-order valence-corrected chi connectivity index (χ2v) is 9.20. The van der Waals surface area contributed by atoms with Crippen LogP contribution in [0.2, 0.25) is 0 Å². The van der Waals surface area contributed by atoms with Crippen molar-refractivity contribution in [3.8, 4) is 11.4 Å². The SMILES string of the molecule is O=C(O)CCc1ccc2c(c1)c(CCc1ccccc1)cn2-c1ccc(OCCc2ccncc2)cc1. The van der Waals surface area contributed by atoms with E-state index in [1.165, 1.54) is 22.1 Å². The van der Waals surface area contributed by atoms with Crippen molar-refractivity contribution in [2.24, 2.45) is 0 Å². The number of aromatic nitrogens is 2. The fourth-order valence-corrected chi connectivity index (χ4v) is 4.63. The van der Waals surface area contributed by atoms with Crippen molar-refractivity contribution in [2.75, 3.05) is 6.61 Å². The molecule has 5 rings (SSSR count). The molecule has 0 atom stereocenters. The van der Waals surface area contributed by atoms with Gasteiger partial charge in [0, 0.05) is 42.5 Å². The first-order chi connectivity index (χ1) is 18.2. The number of fused-ring (bicyclic) bond motifs is 1. The third-order valence-corrected chi connectivity index (χ3v) is 6.63.